The van der Waals surface area contributed by atoms with Gasteiger partial charge >= 0.3 is 0 Å². The summed E-state index contributed by atoms with van der Waals surface area (Å²) in [5, 5.41) is 6.27. The predicted octanol–water partition coefficient (Wildman–Crippen LogP) is 5.70. The first-order valence-corrected chi connectivity index (χ1v) is 10.4. The van der Waals surface area contributed by atoms with E-state index in [0.717, 1.165) is 38.3 Å². The standard InChI is InChI=1S/C24H25BrN2O3/c1-16-5-4-6-22(17(16)2)27-24(28)15-30-23-12-7-18(13-21(23)25)14-26-19-8-10-20(29-3)11-9-19/h4-13,26H,14-15H2,1-3H3,(H,27,28). The van der Waals surface area contributed by atoms with Crippen molar-refractivity contribution < 1.29 is 14.3 Å². The smallest absolute Gasteiger partial charge is 0.262 e. The number of hydrogen-bond acceptors (Lipinski definition) is 4. The fourth-order valence-corrected chi connectivity index (χ4v) is 3.44. The molecular weight excluding hydrogens is 444 g/mol. The van der Waals surface area contributed by atoms with Crippen LogP contribution in [0.4, 0.5) is 11.4 Å². The van der Waals surface area contributed by atoms with E-state index in [1.165, 1.54) is 0 Å². The molecule has 0 heterocycles. The summed E-state index contributed by atoms with van der Waals surface area (Å²) in [6.07, 6.45) is 0. The van der Waals surface area contributed by atoms with Crippen molar-refractivity contribution >= 4 is 33.2 Å². The van der Waals surface area contributed by atoms with Crippen LogP contribution in [0.3, 0.4) is 0 Å². The molecule has 0 spiro atoms. The molecule has 0 aliphatic carbocycles. The summed E-state index contributed by atoms with van der Waals surface area (Å²) in [5.41, 5.74) is 5.10. The van der Waals surface area contributed by atoms with E-state index >= 15 is 0 Å². The first-order chi connectivity index (χ1) is 14.5. The highest BCUT2D eigenvalue weighted by Gasteiger charge is 2.09. The van der Waals surface area contributed by atoms with Gasteiger partial charge in [0, 0.05) is 17.9 Å². The van der Waals surface area contributed by atoms with E-state index in [4.69, 9.17) is 9.47 Å². The van der Waals surface area contributed by atoms with Crippen LogP contribution in [0.5, 0.6) is 11.5 Å². The van der Waals surface area contributed by atoms with Crippen molar-refractivity contribution in [2.24, 2.45) is 0 Å². The van der Waals surface area contributed by atoms with Crippen molar-refractivity contribution in [1.82, 2.24) is 0 Å². The van der Waals surface area contributed by atoms with Crippen LogP contribution in [0.1, 0.15) is 16.7 Å². The first-order valence-electron chi connectivity index (χ1n) is 9.61. The van der Waals surface area contributed by atoms with Gasteiger partial charge in [-0.3, -0.25) is 4.79 Å². The number of nitrogens with one attached hydrogen (secondary N) is 2. The van der Waals surface area contributed by atoms with Gasteiger partial charge < -0.3 is 20.1 Å². The first kappa shape index (κ1) is 21.7. The molecule has 0 saturated heterocycles. The molecule has 0 atom stereocenters. The van der Waals surface area contributed by atoms with Gasteiger partial charge in [-0.1, -0.05) is 18.2 Å². The van der Waals surface area contributed by atoms with E-state index in [1.54, 1.807) is 7.11 Å². The Kier molecular flexibility index (Phi) is 7.36. The molecule has 3 aromatic rings. The summed E-state index contributed by atoms with van der Waals surface area (Å²) in [7, 11) is 1.65. The van der Waals surface area contributed by atoms with Gasteiger partial charge in [0.2, 0.25) is 0 Å². The van der Waals surface area contributed by atoms with Crippen molar-refractivity contribution in [3.05, 3.63) is 81.8 Å². The molecule has 3 aromatic carbocycles. The molecule has 30 heavy (non-hydrogen) atoms. The highest BCUT2D eigenvalue weighted by Crippen LogP contribution is 2.27. The number of halogens is 1. The summed E-state index contributed by atoms with van der Waals surface area (Å²) in [6.45, 7) is 4.61. The van der Waals surface area contributed by atoms with E-state index in [1.807, 2.05) is 74.5 Å². The van der Waals surface area contributed by atoms with Gasteiger partial charge in [0.1, 0.15) is 11.5 Å². The summed E-state index contributed by atoms with van der Waals surface area (Å²) in [4.78, 5) is 12.3. The molecular formula is C24H25BrN2O3. The van der Waals surface area contributed by atoms with Gasteiger partial charge in [0.05, 0.1) is 11.6 Å². The van der Waals surface area contributed by atoms with Crippen molar-refractivity contribution in [3.63, 3.8) is 0 Å². The molecule has 0 aliphatic rings. The van der Waals surface area contributed by atoms with Gasteiger partial charge in [0.25, 0.3) is 5.91 Å². The third-order valence-electron chi connectivity index (χ3n) is 4.82. The zero-order valence-corrected chi connectivity index (χ0v) is 18.9. The minimum atomic E-state index is -0.194. The second-order valence-electron chi connectivity index (χ2n) is 6.93. The largest absolute Gasteiger partial charge is 0.497 e. The maximum Gasteiger partial charge on any atom is 0.262 e. The highest BCUT2D eigenvalue weighted by atomic mass is 79.9. The molecule has 3 rings (SSSR count). The van der Waals surface area contributed by atoms with Crippen LogP contribution in [0.2, 0.25) is 0 Å². The van der Waals surface area contributed by atoms with E-state index in [9.17, 15) is 4.79 Å². The minimum Gasteiger partial charge on any atom is -0.497 e. The number of benzene rings is 3. The van der Waals surface area contributed by atoms with Gasteiger partial charge in [-0.2, -0.15) is 0 Å². The van der Waals surface area contributed by atoms with Gasteiger partial charge in [-0.15, -0.1) is 0 Å². The minimum absolute atomic E-state index is 0.0601. The fraction of sp³-hybridized carbons (Fsp3) is 0.208. The molecule has 0 aromatic heterocycles. The summed E-state index contributed by atoms with van der Waals surface area (Å²) < 4.78 is 11.7. The second kappa shape index (κ2) is 10.2. The Bertz CT molecular complexity index is 1020. The summed E-state index contributed by atoms with van der Waals surface area (Å²) in [6, 6.07) is 19.4. The molecule has 0 radical (unpaired) electrons. The van der Waals surface area contributed by atoms with E-state index in [2.05, 4.69) is 26.6 Å². The average Bonchev–Trinajstić information content (AvgIpc) is 2.75. The van der Waals surface area contributed by atoms with Crippen LogP contribution in [-0.2, 0) is 11.3 Å². The Morgan fingerprint density at radius 2 is 1.80 bits per heavy atom. The van der Waals surface area contributed by atoms with Crippen LogP contribution in [0, 0.1) is 13.8 Å². The monoisotopic (exact) mass is 468 g/mol. The lowest BCUT2D eigenvalue weighted by Gasteiger charge is -2.13. The Morgan fingerprint density at radius 3 is 2.50 bits per heavy atom. The number of methoxy groups -OCH3 is 1. The SMILES string of the molecule is COc1ccc(NCc2ccc(OCC(=O)Nc3cccc(C)c3C)c(Br)c2)cc1. The van der Waals surface area contributed by atoms with Crippen LogP contribution >= 0.6 is 15.9 Å². The van der Waals surface area contributed by atoms with E-state index in [0.29, 0.717) is 12.3 Å². The lowest BCUT2D eigenvalue weighted by atomic mass is 10.1. The lowest BCUT2D eigenvalue weighted by Crippen LogP contribution is -2.21. The number of rotatable bonds is 8. The zero-order chi connectivity index (χ0) is 21.5. The number of aryl methyl sites for hydroxylation is 1. The van der Waals surface area contributed by atoms with Crippen LogP contribution in [-0.4, -0.2) is 19.6 Å². The Balaban J connectivity index is 1.53. The highest BCUT2D eigenvalue weighted by molar-refractivity contribution is 9.10. The maximum absolute atomic E-state index is 12.3. The topological polar surface area (TPSA) is 59.6 Å². The molecule has 1 amide bonds. The third-order valence-corrected chi connectivity index (χ3v) is 5.44. The summed E-state index contributed by atoms with van der Waals surface area (Å²) >= 11 is 3.53. The number of carbonyl (C=O) groups excluding carboxylic acids is 1. The number of amides is 1. The number of ether oxygens (including phenoxy) is 2. The van der Waals surface area contributed by atoms with Gasteiger partial charge in [-0.25, -0.2) is 0 Å². The van der Waals surface area contributed by atoms with Crippen molar-refractivity contribution in [2.45, 2.75) is 20.4 Å². The molecule has 0 saturated carbocycles. The molecule has 0 bridgehead atoms. The molecule has 0 unspecified atom stereocenters. The number of carbonyl (C=O) groups is 1. The molecule has 0 fully saturated rings. The predicted molar refractivity (Wildman–Crippen MR) is 125 cm³/mol. The van der Waals surface area contributed by atoms with Crippen LogP contribution < -0.4 is 20.1 Å². The normalized spacial score (nSPS) is 10.4. The molecule has 156 valence electrons. The van der Waals surface area contributed by atoms with Crippen LogP contribution in [0.15, 0.2) is 65.1 Å². The Hall–Kier alpha value is -2.99. The third kappa shape index (κ3) is 5.76. The molecule has 5 nitrogen and oxygen atoms in total. The van der Waals surface area contributed by atoms with Crippen LogP contribution in [0.25, 0.3) is 0 Å². The maximum atomic E-state index is 12.3. The Labute approximate surface area is 185 Å². The van der Waals surface area contributed by atoms with Gasteiger partial charge in [0.15, 0.2) is 6.61 Å². The summed E-state index contributed by atoms with van der Waals surface area (Å²) in [5.74, 6) is 1.26. The van der Waals surface area contributed by atoms with E-state index < -0.39 is 0 Å². The van der Waals surface area contributed by atoms with Gasteiger partial charge in [-0.05, 0) is 88.9 Å². The molecule has 2 N–H and O–H groups in total. The van der Waals surface area contributed by atoms with Crippen molar-refractivity contribution in [2.75, 3.05) is 24.4 Å². The second-order valence-corrected chi connectivity index (χ2v) is 7.79. The number of hydrogen-bond donors (Lipinski definition) is 2. The fourth-order valence-electron chi connectivity index (χ4n) is 2.90. The average molecular weight is 469 g/mol. The van der Waals surface area contributed by atoms with Crippen molar-refractivity contribution in [3.8, 4) is 11.5 Å². The number of anilines is 2. The van der Waals surface area contributed by atoms with Crippen molar-refractivity contribution in [1.29, 1.82) is 0 Å². The molecule has 6 heteroatoms. The Morgan fingerprint density at radius 1 is 1.03 bits per heavy atom. The van der Waals surface area contributed by atoms with E-state index in [-0.39, 0.29) is 12.5 Å². The molecule has 0 aliphatic heterocycles. The zero-order valence-electron chi connectivity index (χ0n) is 17.3. The quantitative estimate of drug-likeness (QED) is 0.444. The lowest BCUT2D eigenvalue weighted by molar-refractivity contribution is -0.118.